The average Bonchev–Trinajstić information content (AvgIpc) is 2.15. The van der Waals surface area contributed by atoms with Crippen LogP contribution in [0.3, 0.4) is 0 Å². The predicted molar refractivity (Wildman–Crippen MR) is 68.1 cm³/mol. The molecule has 0 aliphatic rings. The fourth-order valence-corrected chi connectivity index (χ4v) is 1.62. The molecule has 0 bridgehead atoms. The minimum Gasteiger partial charge on any atom is -0.370 e. The first-order chi connectivity index (χ1) is 7.58. The second-order valence-electron chi connectivity index (χ2n) is 4.10. The molecule has 1 N–H and O–H groups in total. The summed E-state index contributed by atoms with van der Waals surface area (Å²) in [5, 5.41) is 3.55. The molecule has 0 unspecified atom stereocenters. The molecule has 0 spiro atoms. The van der Waals surface area contributed by atoms with Gasteiger partial charge in [0.2, 0.25) is 5.28 Å². The lowest BCUT2D eigenvalue weighted by Crippen LogP contribution is -2.14. The summed E-state index contributed by atoms with van der Waals surface area (Å²) in [6.07, 6.45) is 2.30. The molecule has 0 radical (unpaired) electrons. The molecular weight excluding hydrogens is 224 g/mol. The zero-order valence-corrected chi connectivity index (χ0v) is 10.9. The van der Waals surface area contributed by atoms with Crippen molar-refractivity contribution in [1.82, 2.24) is 14.9 Å². The van der Waals surface area contributed by atoms with E-state index in [1.54, 1.807) is 0 Å². The third kappa shape index (κ3) is 5.28. The third-order valence-electron chi connectivity index (χ3n) is 2.17. The minimum absolute atomic E-state index is 0.302. The molecule has 0 saturated carbocycles. The summed E-state index contributed by atoms with van der Waals surface area (Å²) in [4.78, 5) is 10.3. The van der Waals surface area contributed by atoms with Crippen molar-refractivity contribution in [3.05, 3.63) is 17.0 Å². The highest BCUT2D eigenvalue weighted by Gasteiger charge is 1.99. The minimum atomic E-state index is 0.302. The highest BCUT2D eigenvalue weighted by Crippen LogP contribution is 2.09. The summed E-state index contributed by atoms with van der Waals surface area (Å²) in [6.45, 7) is 3.94. The van der Waals surface area contributed by atoms with Crippen molar-refractivity contribution < 1.29 is 0 Å². The Labute approximate surface area is 102 Å². The Hall–Kier alpha value is -0.870. The maximum absolute atomic E-state index is 5.76. The number of aryl methyl sites for hydroxylation is 1. The fraction of sp³-hybridized carbons (Fsp3) is 0.636. The van der Waals surface area contributed by atoms with Gasteiger partial charge in [-0.15, -0.1) is 0 Å². The summed E-state index contributed by atoms with van der Waals surface area (Å²) in [5.41, 5.74) is 0.885. The molecule has 0 atom stereocenters. The van der Waals surface area contributed by atoms with Gasteiger partial charge in [-0.05, 0) is 52.0 Å². The highest BCUT2D eigenvalue weighted by atomic mass is 35.5. The van der Waals surface area contributed by atoms with Crippen LogP contribution < -0.4 is 5.32 Å². The SMILES string of the molecule is Cc1cc(NCCCCN(C)C)nc(Cl)n1. The molecule has 1 aromatic rings. The first kappa shape index (κ1) is 13.2. The quantitative estimate of drug-likeness (QED) is 0.613. The Morgan fingerprint density at radius 3 is 2.69 bits per heavy atom. The molecule has 4 nitrogen and oxygen atoms in total. The summed E-state index contributed by atoms with van der Waals surface area (Å²) in [5.74, 6) is 0.808. The van der Waals surface area contributed by atoms with Gasteiger partial charge < -0.3 is 10.2 Å². The van der Waals surface area contributed by atoms with Crippen molar-refractivity contribution in [2.24, 2.45) is 0 Å². The molecule has 0 saturated heterocycles. The number of rotatable bonds is 6. The molecule has 90 valence electrons. The molecule has 0 aliphatic carbocycles. The molecule has 16 heavy (non-hydrogen) atoms. The van der Waals surface area contributed by atoms with E-state index in [4.69, 9.17) is 11.6 Å². The van der Waals surface area contributed by atoms with E-state index in [2.05, 4.69) is 34.3 Å². The Morgan fingerprint density at radius 2 is 2.06 bits per heavy atom. The van der Waals surface area contributed by atoms with E-state index >= 15 is 0 Å². The van der Waals surface area contributed by atoms with Crippen LogP contribution in [0.5, 0.6) is 0 Å². The zero-order valence-electron chi connectivity index (χ0n) is 10.1. The van der Waals surface area contributed by atoms with Gasteiger partial charge in [-0.1, -0.05) is 0 Å². The maximum atomic E-state index is 5.76. The van der Waals surface area contributed by atoms with Crippen LogP contribution in [0.4, 0.5) is 5.82 Å². The smallest absolute Gasteiger partial charge is 0.224 e. The number of hydrogen-bond acceptors (Lipinski definition) is 4. The van der Waals surface area contributed by atoms with Crippen molar-refractivity contribution in [2.75, 3.05) is 32.5 Å². The van der Waals surface area contributed by atoms with Gasteiger partial charge in [0.1, 0.15) is 5.82 Å². The van der Waals surface area contributed by atoms with Gasteiger partial charge in [-0.25, -0.2) is 9.97 Å². The summed E-state index contributed by atoms with van der Waals surface area (Å²) >= 11 is 5.76. The van der Waals surface area contributed by atoms with Gasteiger partial charge in [0, 0.05) is 18.3 Å². The lowest BCUT2D eigenvalue weighted by Gasteiger charge is -2.09. The number of nitrogens with zero attached hydrogens (tertiary/aromatic N) is 3. The number of halogens is 1. The number of anilines is 1. The van der Waals surface area contributed by atoms with E-state index in [1.165, 1.54) is 6.42 Å². The topological polar surface area (TPSA) is 41.0 Å². The number of aromatic nitrogens is 2. The molecule has 0 aromatic carbocycles. The molecule has 0 amide bonds. The summed E-state index contributed by atoms with van der Waals surface area (Å²) in [7, 11) is 4.17. The molecule has 1 rings (SSSR count). The molecule has 1 aromatic heterocycles. The van der Waals surface area contributed by atoms with Gasteiger partial charge in [0.05, 0.1) is 0 Å². The Morgan fingerprint density at radius 1 is 1.31 bits per heavy atom. The van der Waals surface area contributed by atoms with Crippen LogP contribution in [0, 0.1) is 6.92 Å². The van der Waals surface area contributed by atoms with Gasteiger partial charge >= 0.3 is 0 Å². The molecule has 0 aliphatic heterocycles. The molecular formula is C11H19ClN4. The summed E-state index contributed by atoms with van der Waals surface area (Å²) < 4.78 is 0. The first-order valence-corrected chi connectivity index (χ1v) is 5.85. The van der Waals surface area contributed by atoms with E-state index in [0.717, 1.165) is 31.0 Å². The van der Waals surface area contributed by atoms with Gasteiger partial charge in [-0.3, -0.25) is 0 Å². The van der Waals surface area contributed by atoms with E-state index < -0.39 is 0 Å². The zero-order chi connectivity index (χ0) is 12.0. The van der Waals surface area contributed by atoms with Crippen LogP contribution in [0.15, 0.2) is 6.07 Å². The van der Waals surface area contributed by atoms with Gasteiger partial charge in [0.15, 0.2) is 0 Å². The largest absolute Gasteiger partial charge is 0.370 e. The van der Waals surface area contributed by atoms with Gasteiger partial charge in [-0.2, -0.15) is 0 Å². The van der Waals surface area contributed by atoms with Crippen LogP contribution in [0.25, 0.3) is 0 Å². The summed E-state index contributed by atoms with van der Waals surface area (Å²) in [6, 6.07) is 1.90. The molecule has 5 heteroatoms. The molecule has 0 fully saturated rings. The second-order valence-corrected chi connectivity index (χ2v) is 4.44. The highest BCUT2D eigenvalue weighted by molar-refractivity contribution is 6.28. The second kappa shape index (κ2) is 6.66. The standard InChI is InChI=1S/C11H19ClN4/c1-9-8-10(15-11(12)14-9)13-6-4-5-7-16(2)3/h8H,4-7H2,1-3H3,(H,13,14,15). The van der Waals surface area contributed by atoms with E-state index in [0.29, 0.717) is 5.28 Å². The monoisotopic (exact) mass is 242 g/mol. The predicted octanol–water partition coefficient (Wildman–Crippen LogP) is 2.19. The lowest BCUT2D eigenvalue weighted by molar-refractivity contribution is 0.396. The van der Waals surface area contributed by atoms with Crippen molar-refractivity contribution in [3.8, 4) is 0 Å². The Kier molecular flexibility index (Phi) is 5.49. The Bertz CT molecular complexity index is 308. The fourth-order valence-electron chi connectivity index (χ4n) is 1.39. The van der Waals surface area contributed by atoms with Crippen molar-refractivity contribution >= 4 is 17.4 Å². The normalized spacial score (nSPS) is 10.8. The van der Waals surface area contributed by atoms with E-state index in [9.17, 15) is 0 Å². The maximum Gasteiger partial charge on any atom is 0.224 e. The van der Waals surface area contributed by atoms with Crippen LogP contribution in [0.2, 0.25) is 5.28 Å². The number of hydrogen-bond donors (Lipinski definition) is 1. The average molecular weight is 243 g/mol. The van der Waals surface area contributed by atoms with Crippen LogP contribution >= 0.6 is 11.6 Å². The Balaban J connectivity index is 2.26. The van der Waals surface area contributed by atoms with Crippen LogP contribution in [-0.4, -0.2) is 42.1 Å². The first-order valence-electron chi connectivity index (χ1n) is 5.47. The van der Waals surface area contributed by atoms with E-state index in [1.807, 2.05) is 13.0 Å². The van der Waals surface area contributed by atoms with E-state index in [-0.39, 0.29) is 0 Å². The van der Waals surface area contributed by atoms with Crippen LogP contribution in [-0.2, 0) is 0 Å². The molecule has 1 heterocycles. The lowest BCUT2D eigenvalue weighted by atomic mass is 10.3. The van der Waals surface area contributed by atoms with Crippen molar-refractivity contribution in [3.63, 3.8) is 0 Å². The third-order valence-corrected chi connectivity index (χ3v) is 2.33. The van der Waals surface area contributed by atoms with Crippen molar-refractivity contribution in [1.29, 1.82) is 0 Å². The van der Waals surface area contributed by atoms with Crippen LogP contribution in [0.1, 0.15) is 18.5 Å². The number of unbranched alkanes of at least 4 members (excludes halogenated alkanes) is 1. The van der Waals surface area contributed by atoms with Crippen molar-refractivity contribution in [2.45, 2.75) is 19.8 Å². The van der Waals surface area contributed by atoms with Gasteiger partial charge in [0.25, 0.3) is 0 Å². The number of nitrogens with one attached hydrogen (secondary N) is 1.